The summed E-state index contributed by atoms with van der Waals surface area (Å²) < 4.78 is 6.61. The molecule has 2 aromatic rings. The number of fused-ring (bicyclic) bond motifs is 2. The predicted octanol–water partition coefficient (Wildman–Crippen LogP) is 1.91. The van der Waals surface area contributed by atoms with Crippen molar-refractivity contribution in [2.45, 2.75) is 12.8 Å². The summed E-state index contributed by atoms with van der Waals surface area (Å²) in [4.78, 5) is 12.2. The van der Waals surface area contributed by atoms with E-state index in [9.17, 15) is 4.79 Å². The zero-order valence-corrected chi connectivity index (χ0v) is 10.1. The minimum atomic E-state index is 0.0634. The van der Waals surface area contributed by atoms with Gasteiger partial charge in [0.1, 0.15) is 11.0 Å². The van der Waals surface area contributed by atoms with E-state index in [4.69, 9.17) is 4.42 Å². The SMILES string of the molecule is O=c1c2c(oc3ccc(Br)cc13)=CCCC=2. The van der Waals surface area contributed by atoms with Gasteiger partial charge in [-0.2, -0.15) is 0 Å². The van der Waals surface area contributed by atoms with Crippen LogP contribution >= 0.6 is 15.9 Å². The summed E-state index contributed by atoms with van der Waals surface area (Å²) >= 11 is 3.36. The summed E-state index contributed by atoms with van der Waals surface area (Å²) in [5.41, 5.74) is 1.43. The molecule has 0 unspecified atom stereocenters. The molecule has 0 bridgehead atoms. The molecule has 0 spiro atoms. The van der Waals surface area contributed by atoms with Gasteiger partial charge in [-0.1, -0.05) is 22.0 Å². The average Bonchev–Trinajstić information content (AvgIpc) is 2.31. The van der Waals surface area contributed by atoms with Crippen LogP contribution in [0.25, 0.3) is 23.1 Å². The molecule has 16 heavy (non-hydrogen) atoms. The molecule has 1 aliphatic rings. The van der Waals surface area contributed by atoms with E-state index in [1.807, 2.05) is 30.4 Å². The Morgan fingerprint density at radius 2 is 2.00 bits per heavy atom. The van der Waals surface area contributed by atoms with Crippen LogP contribution in [0.2, 0.25) is 0 Å². The third-order valence-electron chi connectivity index (χ3n) is 2.76. The lowest BCUT2D eigenvalue weighted by Crippen LogP contribution is -2.39. The van der Waals surface area contributed by atoms with Gasteiger partial charge < -0.3 is 4.42 Å². The van der Waals surface area contributed by atoms with Crippen LogP contribution in [0.1, 0.15) is 12.8 Å². The normalized spacial score (nSPS) is 14.1. The largest absolute Gasteiger partial charge is 0.456 e. The molecule has 0 radical (unpaired) electrons. The minimum Gasteiger partial charge on any atom is -0.456 e. The van der Waals surface area contributed by atoms with Crippen molar-refractivity contribution in [2.24, 2.45) is 0 Å². The van der Waals surface area contributed by atoms with Crippen molar-refractivity contribution in [2.75, 3.05) is 0 Å². The molecule has 0 N–H and O–H groups in total. The maximum Gasteiger partial charge on any atom is 0.200 e. The Hall–Kier alpha value is -1.35. The van der Waals surface area contributed by atoms with Crippen molar-refractivity contribution in [1.82, 2.24) is 0 Å². The fourth-order valence-corrected chi connectivity index (χ4v) is 2.35. The van der Waals surface area contributed by atoms with Crippen molar-refractivity contribution < 1.29 is 4.42 Å². The van der Waals surface area contributed by atoms with Crippen molar-refractivity contribution in [3.63, 3.8) is 0 Å². The highest BCUT2D eigenvalue weighted by Gasteiger charge is 2.06. The first kappa shape index (κ1) is 9.85. The molecule has 1 aromatic heterocycles. The van der Waals surface area contributed by atoms with E-state index < -0.39 is 0 Å². The molecule has 0 saturated carbocycles. The lowest BCUT2D eigenvalue weighted by Gasteiger charge is -2.02. The van der Waals surface area contributed by atoms with Crippen molar-refractivity contribution in [1.29, 1.82) is 0 Å². The molecule has 0 amide bonds. The number of benzene rings is 1. The highest BCUT2D eigenvalue weighted by Crippen LogP contribution is 2.15. The van der Waals surface area contributed by atoms with Crippen molar-refractivity contribution in [3.05, 3.63) is 43.5 Å². The highest BCUT2D eigenvalue weighted by molar-refractivity contribution is 9.10. The lowest BCUT2D eigenvalue weighted by atomic mass is 10.1. The molecule has 0 saturated heterocycles. The van der Waals surface area contributed by atoms with E-state index in [2.05, 4.69) is 15.9 Å². The lowest BCUT2D eigenvalue weighted by molar-refractivity contribution is 0.554. The van der Waals surface area contributed by atoms with Crippen LogP contribution < -0.4 is 16.1 Å². The van der Waals surface area contributed by atoms with E-state index in [0.29, 0.717) is 21.6 Å². The van der Waals surface area contributed by atoms with E-state index in [0.717, 1.165) is 17.3 Å². The second-order valence-corrected chi connectivity index (χ2v) is 4.75. The van der Waals surface area contributed by atoms with Gasteiger partial charge in [0.25, 0.3) is 0 Å². The van der Waals surface area contributed by atoms with E-state index in [1.165, 1.54) is 0 Å². The monoisotopic (exact) mass is 276 g/mol. The maximum atomic E-state index is 12.2. The van der Waals surface area contributed by atoms with Gasteiger partial charge in [-0.3, -0.25) is 4.79 Å². The van der Waals surface area contributed by atoms with Crippen molar-refractivity contribution in [3.8, 4) is 0 Å². The molecular formula is C13H9BrO2. The third kappa shape index (κ3) is 1.43. The van der Waals surface area contributed by atoms with Crippen molar-refractivity contribution >= 4 is 39.1 Å². The Balaban J connectivity index is 2.61. The smallest absolute Gasteiger partial charge is 0.200 e. The third-order valence-corrected chi connectivity index (χ3v) is 3.25. The summed E-state index contributed by atoms with van der Waals surface area (Å²) in [6.45, 7) is 0. The van der Waals surface area contributed by atoms with Gasteiger partial charge in [0.2, 0.25) is 0 Å². The van der Waals surface area contributed by atoms with Crippen LogP contribution in [0.5, 0.6) is 0 Å². The van der Waals surface area contributed by atoms with Gasteiger partial charge >= 0.3 is 0 Å². The Morgan fingerprint density at radius 1 is 1.19 bits per heavy atom. The molecule has 80 valence electrons. The summed E-state index contributed by atoms with van der Waals surface area (Å²) in [6.07, 6.45) is 5.80. The number of halogens is 1. The molecule has 1 aromatic carbocycles. The van der Waals surface area contributed by atoms with Gasteiger partial charge in [0.05, 0.1) is 10.6 Å². The average molecular weight is 277 g/mol. The van der Waals surface area contributed by atoms with E-state index >= 15 is 0 Å². The fraction of sp³-hybridized carbons (Fsp3) is 0.154. The zero-order valence-electron chi connectivity index (χ0n) is 8.50. The van der Waals surface area contributed by atoms with Crippen LogP contribution in [-0.4, -0.2) is 0 Å². The van der Waals surface area contributed by atoms with Gasteiger partial charge in [-0.05, 0) is 37.1 Å². The molecule has 3 rings (SSSR count). The molecule has 3 heteroatoms. The molecule has 2 nitrogen and oxygen atoms in total. The summed E-state index contributed by atoms with van der Waals surface area (Å²) in [5.74, 6) is 0. The minimum absolute atomic E-state index is 0.0634. The Morgan fingerprint density at radius 3 is 2.88 bits per heavy atom. The van der Waals surface area contributed by atoms with E-state index in [1.54, 1.807) is 0 Å². The summed E-state index contributed by atoms with van der Waals surface area (Å²) in [6, 6.07) is 5.51. The van der Waals surface area contributed by atoms with Gasteiger partial charge in [0, 0.05) is 4.47 Å². The Labute approximate surface area is 100 Å². The number of hydrogen-bond donors (Lipinski definition) is 0. The van der Waals surface area contributed by atoms with Crippen LogP contribution in [0.3, 0.4) is 0 Å². The second-order valence-electron chi connectivity index (χ2n) is 3.84. The first-order valence-corrected chi connectivity index (χ1v) is 5.98. The van der Waals surface area contributed by atoms with Gasteiger partial charge in [-0.25, -0.2) is 0 Å². The van der Waals surface area contributed by atoms with Crippen LogP contribution in [0.15, 0.2) is 31.9 Å². The summed E-state index contributed by atoms with van der Waals surface area (Å²) in [5, 5.41) is 1.34. The molecule has 1 heterocycles. The molecule has 0 aliphatic heterocycles. The molecular weight excluding hydrogens is 268 g/mol. The molecule has 0 atom stereocenters. The van der Waals surface area contributed by atoms with Crippen LogP contribution in [0.4, 0.5) is 0 Å². The van der Waals surface area contributed by atoms with Crippen LogP contribution in [-0.2, 0) is 0 Å². The first-order valence-electron chi connectivity index (χ1n) is 5.18. The number of hydrogen-bond acceptors (Lipinski definition) is 2. The first-order chi connectivity index (χ1) is 7.75. The maximum absolute atomic E-state index is 12.2. The zero-order chi connectivity index (χ0) is 11.1. The quantitative estimate of drug-likeness (QED) is 0.736. The second kappa shape index (κ2) is 3.59. The predicted molar refractivity (Wildman–Crippen MR) is 67.6 cm³/mol. The topological polar surface area (TPSA) is 30.2 Å². The Kier molecular flexibility index (Phi) is 2.21. The fourth-order valence-electron chi connectivity index (χ4n) is 1.99. The van der Waals surface area contributed by atoms with Gasteiger partial charge in [-0.15, -0.1) is 0 Å². The molecule has 0 fully saturated rings. The number of rotatable bonds is 0. The standard InChI is InChI=1S/C13H9BrO2/c14-8-5-6-12-10(7-8)13(15)9-3-1-2-4-11(9)16-12/h3-7H,1-2H2. The highest BCUT2D eigenvalue weighted by atomic mass is 79.9. The van der Waals surface area contributed by atoms with Crippen LogP contribution in [0, 0.1) is 0 Å². The Bertz CT molecular complexity index is 741. The summed E-state index contributed by atoms with van der Waals surface area (Å²) in [7, 11) is 0. The molecule has 1 aliphatic carbocycles. The van der Waals surface area contributed by atoms with E-state index in [-0.39, 0.29) is 5.43 Å². The van der Waals surface area contributed by atoms with Gasteiger partial charge in [0.15, 0.2) is 5.43 Å².